The number of rotatable bonds is 2. The van der Waals surface area contributed by atoms with Gasteiger partial charge in [-0.25, -0.2) is 18.5 Å². The molecule has 2 N–H and O–H groups in total. The van der Waals surface area contributed by atoms with Crippen molar-refractivity contribution in [3.05, 3.63) is 5.69 Å². The number of nitrogens with zero attached hydrogens (tertiary/aromatic N) is 2. The maximum atomic E-state index is 11.6. The quantitative estimate of drug-likeness (QED) is 0.853. The number of aromatic nitrogens is 1. The summed E-state index contributed by atoms with van der Waals surface area (Å²) in [5.41, 5.74) is -0.250. The monoisotopic (exact) mass is 347 g/mol. The summed E-state index contributed by atoms with van der Waals surface area (Å²) in [5.74, 6) is 0. The number of hydrogen-bond donors (Lipinski definition) is 1. The minimum absolute atomic E-state index is 0.128. The summed E-state index contributed by atoms with van der Waals surface area (Å²) in [6, 6.07) is 0. The van der Waals surface area contributed by atoms with Gasteiger partial charge in [0.1, 0.15) is 5.60 Å². The van der Waals surface area contributed by atoms with Crippen LogP contribution in [0.1, 0.15) is 26.0 Å². The van der Waals surface area contributed by atoms with Crippen LogP contribution in [0.15, 0.2) is 4.21 Å². The summed E-state index contributed by atoms with van der Waals surface area (Å²) in [6.45, 7) is 8.25. The molecule has 9 heteroatoms. The SMILES string of the molecule is Cc1nc(N2CC(C)(C)OC3(CCOC3)C2)sc1S(N)(=O)=O. The molecule has 1 atom stereocenters. The fraction of sp³-hybridized carbons (Fsp3) is 0.769. The lowest BCUT2D eigenvalue weighted by atomic mass is 9.95. The summed E-state index contributed by atoms with van der Waals surface area (Å²) in [7, 11) is -3.73. The largest absolute Gasteiger partial charge is 0.378 e. The average Bonchev–Trinajstić information content (AvgIpc) is 2.93. The molecular formula is C13H21N3O4S2. The molecule has 0 aromatic carbocycles. The van der Waals surface area contributed by atoms with Gasteiger partial charge >= 0.3 is 0 Å². The van der Waals surface area contributed by atoms with Crippen molar-refractivity contribution in [2.75, 3.05) is 31.2 Å². The summed E-state index contributed by atoms with van der Waals surface area (Å²) in [6.07, 6.45) is 0.833. The number of hydrogen-bond acceptors (Lipinski definition) is 7. The third-order valence-electron chi connectivity index (χ3n) is 3.88. The molecule has 1 aromatic rings. The highest BCUT2D eigenvalue weighted by Crippen LogP contribution is 2.38. The molecule has 2 saturated heterocycles. The van der Waals surface area contributed by atoms with Crippen LogP contribution in [0, 0.1) is 6.92 Å². The van der Waals surface area contributed by atoms with Crippen LogP contribution in [0.3, 0.4) is 0 Å². The smallest absolute Gasteiger partial charge is 0.249 e. The van der Waals surface area contributed by atoms with Crippen LogP contribution < -0.4 is 10.0 Å². The maximum absolute atomic E-state index is 11.6. The van der Waals surface area contributed by atoms with Crippen molar-refractivity contribution in [1.29, 1.82) is 0 Å². The molecule has 22 heavy (non-hydrogen) atoms. The number of thiazole rings is 1. The zero-order valence-corrected chi connectivity index (χ0v) is 14.6. The predicted molar refractivity (Wildman–Crippen MR) is 83.8 cm³/mol. The molecule has 2 aliphatic rings. The summed E-state index contributed by atoms with van der Waals surface area (Å²) >= 11 is 1.12. The van der Waals surface area contributed by atoms with E-state index in [9.17, 15) is 8.42 Å². The number of nitrogens with two attached hydrogens (primary N) is 1. The van der Waals surface area contributed by atoms with Gasteiger partial charge in [-0.2, -0.15) is 0 Å². The molecule has 0 aliphatic carbocycles. The molecule has 3 heterocycles. The highest BCUT2D eigenvalue weighted by Gasteiger charge is 2.47. The van der Waals surface area contributed by atoms with Gasteiger partial charge in [-0.3, -0.25) is 0 Å². The Morgan fingerprint density at radius 3 is 2.64 bits per heavy atom. The Labute approximate surface area is 134 Å². The molecule has 1 unspecified atom stereocenters. The van der Waals surface area contributed by atoms with E-state index in [4.69, 9.17) is 14.6 Å². The molecule has 2 fully saturated rings. The Hall–Kier alpha value is -0.740. The second kappa shape index (κ2) is 5.13. The summed E-state index contributed by atoms with van der Waals surface area (Å²) in [5, 5.41) is 5.92. The van der Waals surface area contributed by atoms with Gasteiger partial charge in [0, 0.05) is 19.6 Å². The first kappa shape index (κ1) is 16.1. The van der Waals surface area contributed by atoms with E-state index in [1.807, 2.05) is 13.8 Å². The van der Waals surface area contributed by atoms with E-state index >= 15 is 0 Å². The van der Waals surface area contributed by atoms with E-state index < -0.39 is 10.0 Å². The Kier molecular flexibility index (Phi) is 3.76. The first-order chi connectivity index (χ1) is 10.1. The lowest BCUT2D eigenvalue weighted by molar-refractivity contribution is -0.151. The van der Waals surface area contributed by atoms with Crippen molar-refractivity contribution in [2.45, 2.75) is 42.6 Å². The van der Waals surface area contributed by atoms with Gasteiger partial charge in [-0.05, 0) is 20.8 Å². The normalized spacial score (nSPS) is 28.5. The number of ether oxygens (including phenoxy) is 2. The fourth-order valence-electron chi connectivity index (χ4n) is 3.21. The highest BCUT2D eigenvalue weighted by molar-refractivity contribution is 7.91. The van der Waals surface area contributed by atoms with Crippen LogP contribution in [0.5, 0.6) is 0 Å². The third kappa shape index (κ3) is 3.00. The van der Waals surface area contributed by atoms with E-state index in [0.717, 1.165) is 17.8 Å². The zero-order chi connectivity index (χ0) is 16.2. The van der Waals surface area contributed by atoms with E-state index in [0.29, 0.717) is 37.1 Å². The molecule has 3 rings (SSSR count). The molecular weight excluding hydrogens is 326 g/mol. The van der Waals surface area contributed by atoms with Crippen molar-refractivity contribution < 1.29 is 17.9 Å². The lowest BCUT2D eigenvalue weighted by Gasteiger charge is -2.47. The molecule has 124 valence electrons. The van der Waals surface area contributed by atoms with Gasteiger partial charge in [0.2, 0.25) is 10.0 Å². The number of sulfonamides is 1. The predicted octanol–water partition coefficient (Wildman–Crippen LogP) is 0.873. The van der Waals surface area contributed by atoms with Crippen LogP contribution in [0.2, 0.25) is 0 Å². The van der Waals surface area contributed by atoms with Crippen LogP contribution in [0.4, 0.5) is 5.13 Å². The minimum Gasteiger partial charge on any atom is -0.378 e. The molecule has 0 saturated carbocycles. The number of anilines is 1. The van der Waals surface area contributed by atoms with Crippen molar-refractivity contribution in [3.63, 3.8) is 0 Å². The van der Waals surface area contributed by atoms with Crippen molar-refractivity contribution in [2.24, 2.45) is 5.14 Å². The molecule has 1 aromatic heterocycles. The molecule has 0 bridgehead atoms. The Bertz CT molecular complexity index is 677. The fourth-order valence-corrected chi connectivity index (χ4v) is 5.16. The summed E-state index contributed by atoms with van der Waals surface area (Å²) < 4.78 is 35.1. The lowest BCUT2D eigenvalue weighted by Crippen LogP contribution is -2.60. The van der Waals surface area contributed by atoms with Gasteiger partial charge in [0.15, 0.2) is 9.34 Å². The first-order valence-electron chi connectivity index (χ1n) is 7.13. The van der Waals surface area contributed by atoms with Crippen molar-refractivity contribution >= 4 is 26.5 Å². The van der Waals surface area contributed by atoms with E-state index in [1.165, 1.54) is 0 Å². The highest BCUT2D eigenvalue weighted by atomic mass is 32.2. The third-order valence-corrected chi connectivity index (χ3v) is 6.65. The maximum Gasteiger partial charge on any atom is 0.249 e. The van der Waals surface area contributed by atoms with E-state index in [1.54, 1.807) is 6.92 Å². The van der Waals surface area contributed by atoms with Gasteiger partial charge in [-0.1, -0.05) is 11.3 Å². The van der Waals surface area contributed by atoms with E-state index in [-0.39, 0.29) is 15.4 Å². The topological polar surface area (TPSA) is 94.8 Å². The zero-order valence-electron chi connectivity index (χ0n) is 13.0. The van der Waals surface area contributed by atoms with Crippen LogP contribution >= 0.6 is 11.3 Å². The second-order valence-electron chi connectivity index (χ2n) is 6.62. The second-order valence-corrected chi connectivity index (χ2v) is 9.35. The minimum atomic E-state index is -3.73. The van der Waals surface area contributed by atoms with E-state index in [2.05, 4.69) is 9.88 Å². The molecule has 0 amide bonds. The molecule has 2 aliphatic heterocycles. The van der Waals surface area contributed by atoms with Crippen molar-refractivity contribution in [1.82, 2.24) is 4.98 Å². The van der Waals surface area contributed by atoms with Gasteiger partial charge in [0.25, 0.3) is 0 Å². The standard InChI is InChI=1S/C13H21N3O4S2/c1-9-10(22(14,17)18)21-11(15-9)16-6-12(2,3)20-13(7-16)4-5-19-8-13/h4-8H2,1-3H3,(H2,14,17,18). The van der Waals surface area contributed by atoms with Gasteiger partial charge < -0.3 is 14.4 Å². The van der Waals surface area contributed by atoms with Crippen molar-refractivity contribution in [3.8, 4) is 0 Å². The number of aryl methyl sites for hydroxylation is 1. The summed E-state index contributed by atoms with van der Waals surface area (Å²) in [4.78, 5) is 6.50. The van der Waals surface area contributed by atoms with Crippen LogP contribution in [0.25, 0.3) is 0 Å². The first-order valence-corrected chi connectivity index (χ1v) is 9.50. The average molecular weight is 347 g/mol. The van der Waals surface area contributed by atoms with Gasteiger partial charge in [-0.15, -0.1) is 0 Å². The number of morpholine rings is 1. The molecule has 7 nitrogen and oxygen atoms in total. The molecule has 0 radical (unpaired) electrons. The van der Waals surface area contributed by atoms with Gasteiger partial charge in [0.05, 0.1) is 24.4 Å². The Morgan fingerprint density at radius 1 is 1.36 bits per heavy atom. The Morgan fingerprint density at radius 2 is 2.09 bits per heavy atom. The number of primary sulfonamides is 1. The Balaban J connectivity index is 1.94. The van der Waals surface area contributed by atoms with Crippen LogP contribution in [-0.4, -0.2) is 50.9 Å². The molecule has 1 spiro atoms. The van der Waals surface area contributed by atoms with Crippen LogP contribution in [-0.2, 0) is 19.5 Å².